The van der Waals surface area contributed by atoms with Crippen LogP contribution in [0.15, 0.2) is 55.4 Å². The second-order valence-corrected chi connectivity index (χ2v) is 3.70. The van der Waals surface area contributed by atoms with Gasteiger partial charge < -0.3 is 5.11 Å². The maximum absolute atomic E-state index is 10.7. The number of nitrogens with one attached hydrogen (secondary N) is 1. The Morgan fingerprint density at radius 3 is 2.61 bits per heavy atom. The molecule has 0 bridgehead atoms. The Kier molecular flexibility index (Phi) is 3.38. The molecule has 2 N–H and O–H groups in total. The first kappa shape index (κ1) is 11.9. The first-order valence-corrected chi connectivity index (χ1v) is 5.37. The second-order valence-electron chi connectivity index (χ2n) is 3.70. The van der Waals surface area contributed by atoms with Crippen molar-refractivity contribution in [2.75, 3.05) is 5.32 Å². The molecule has 0 saturated heterocycles. The standard InChI is InChI=1S/C14H12N2O2/c1-10(11-5-3-2-4-6-11)12-7-8-15-9-13(12)16-14(17)18/h2-9,16H,1H2,(H,17,18). The van der Waals surface area contributed by atoms with Crippen LogP contribution in [0.2, 0.25) is 0 Å². The summed E-state index contributed by atoms with van der Waals surface area (Å²) >= 11 is 0. The minimum atomic E-state index is -1.12. The molecule has 0 atom stereocenters. The van der Waals surface area contributed by atoms with Gasteiger partial charge in [-0.3, -0.25) is 10.3 Å². The number of hydrogen-bond donors (Lipinski definition) is 2. The maximum atomic E-state index is 10.7. The number of nitrogens with zero attached hydrogens (tertiary/aromatic N) is 1. The highest BCUT2D eigenvalue weighted by Gasteiger charge is 2.09. The van der Waals surface area contributed by atoms with Gasteiger partial charge in [-0.2, -0.15) is 0 Å². The highest BCUT2D eigenvalue weighted by atomic mass is 16.4. The molecule has 1 heterocycles. The zero-order valence-electron chi connectivity index (χ0n) is 9.63. The summed E-state index contributed by atoms with van der Waals surface area (Å²) in [5.41, 5.74) is 2.84. The number of carbonyl (C=O) groups is 1. The van der Waals surface area contributed by atoms with Crippen molar-refractivity contribution in [1.82, 2.24) is 4.98 Å². The van der Waals surface area contributed by atoms with E-state index in [9.17, 15) is 4.79 Å². The number of pyridine rings is 1. The lowest BCUT2D eigenvalue weighted by Gasteiger charge is -2.11. The third-order valence-electron chi connectivity index (χ3n) is 2.51. The van der Waals surface area contributed by atoms with E-state index in [4.69, 9.17) is 5.11 Å². The van der Waals surface area contributed by atoms with Gasteiger partial charge in [-0.25, -0.2) is 4.79 Å². The first-order chi connectivity index (χ1) is 8.68. The van der Waals surface area contributed by atoms with Crippen LogP contribution >= 0.6 is 0 Å². The van der Waals surface area contributed by atoms with Crippen LogP contribution in [-0.2, 0) is 0 Å². The number of aromatic nitrogens is 1. The fraction of sp³-hybridized carbons (Fsp3) is 0. The van der Waals surface area contributed by atoms with Gasteiger partial charge in [0.2, 0.25) is 0 Å². The largest absolute Gasteiger partial charge is 0.465 e. The van der Waals surface area contributed by atoms with Gasteiger partial charge in [0, 0.05) is 11.8 Å². The molecule has 0 spiro atoms. The number of amides is 1. The Labute approximate surface area is 105 Å². The summed E-state index contributed by atoms with van der Waals surface area (Å²) < 4.78 is 0. The van der Waals surface area contributed by atoms with Gasteiger partial charge in [-0.15, -0.1) is 0 Å². The summed E-state index contributed by atoms with van der Waals surface area (Å²) in [4.78, 5) is 14.6. The lowest BCUT2D eigenvalue weighted by Crippen LogP contribution is -2.09. The summed E-state index contributed by atoms with van der Waals surface area (Å²) in [6, 6.07) is 11.3. The number of carboxylic acid groups (broad SMARTS) is 1. The maximum Gasteiger partial charge on any atom is 0.409 e. The molecule has 0 aliphatic rings. The van der Waals surface area contributed by atoms with E-state index < -0.39 is 6.09 Å². The smallest absolute Gasteiger partial charge is 0.409 e. The monoisotopic (exact) mass is 240 g/mol. The van der Waals surface area contributed by atoms with Gasteiger partial charge in [0.15, 0.2) is 0 Å². The van der Waals surface area contributed by atoms with Crippen molar-refractivity contribution in [2.24, 2.45) is 0 Å². The summed E-state index contributed by atoms with van der Waals surface area (Å²) in [7, 11) is 0. The van der Waals surface area contributed by atoms with E-state index in [-0.39, 0.29) is 0 Å². The molecule has 0 unspecified atom stereocenters. The van der Waals surface area contributed by atoms with Crippen LogP contribution in [0.4, 0.5) is 10.5 Å². The van der Waals surface area contributed by atoms with Crippen molar-refractivity contribution in [2.45, 2.75) is 0 Å². The van der Waals surface area contributed by atoms with Crippen molar-refractivity contribution < 1.29 is 9.90 Å². The predicted molar refractivity (Wildman–Crippen MR) is 70.5 cm³/mol. The minimum absolute atomic E-state index is 0.429. The van der Waals surface area contributed by atoms with E-state index in [1.807, 2.05) is 30.3 Å². The molecule has 1 aromatic heterocycles. The Bertz CT molecular complexity index is 579. The van der Waals surface area contributed by atoms with Gasteiger partial charge in [0.05, 0.1) is 11.9 Å². The van der Waals surface area contributed by atoms with E-state index in [0.717, 1.165) is 16.7 Å². The topological polar surface area (TPSA) is 62.2 Å². The Balaban J connectivity index is 2.39. The molecular weight excluding hydrogens is 228 g/mol. The van der Waals surface area contributed by atoms with E-state index in [0.29, 0.717) is 5.69 Å². The molecule has 1 aromatic carbocycles. The zero-order chi connectivity index (χ0) is 13.0. The van der Waals surface area contributed by atoms with Crippen LogP contribution in [0.1, 0.15) is 11.1 Å². The van der Waals surface area contributed by atoms with E-state index in [1.165, 1.54) is 6.20 Å². The normalized spacial score (nSPS) is 9.78. The van der Waals surface area contributed by atoms with E-state index >= 15 is 0 Å². The van der Waals surface area contributed by atoms with Crippen LogP contribution in [0.3, 0.4) is 0 Å². The van der Waals surface area contributed by atoms with Crippen molar-refractivity contribution in [3.63, 3.8) is 0 Å². The fourth-order valence-corrected chi connectivity index (χ4v) is 1.67. The number of hydrogen-bond acceptors (Lipinski definition) is 2. The molecule has 1 amide bonds. The van der Waals surface area contributed by atoms with Crippen LogP contribution in [0.5, 0.6) is 0 Å². The Morgan fingerprint density at radius 1 is 1.22 bits per heavy atom. The number of benzene rings is 1. The Morgan fingerprint density at radius 2 is 1.94 bits per heavy atom. The van der Waals surface area contributed by atoms with Crippen molar-refractivity contribution >= 4 is 17.4 Å². The lowest BCUT2D eigenvalue weighted by atomic mass is 9.99. The van der Waals surface area contributed by atoms with Crippen molar-refractivity contribution in [3.05, 3.63) is 66.5 Å². The average molecular weight is 240 g/mol. The predicted octanol–water partition coefficient (Wildman–Crippen LogP) is 3.23. The molecule has 90 valence electrons. The number of rotatable bonds is 3. The molecule has 2 aromatic rings. The lowest BCUT2D eigenvalue weighted by molar-refractivity contribution is 0.209. The highest BCUT2D eigenvalue weighted by Crippen LogP contribution is 2.27. The fourth-order valence-electron chi connectivity index (χ4n) is 1.67. The van der Waals surface area contributed by atoms with Crippen molar-refractivity contribution in [1.29, 1.82) is 0 Å². The Hall–Kier alpha value is -2.62. The van der Waals surface area contributed by atoms with E-state index in [1.54, 1.807) is 12.3 Å². The molecule has 18 heavy (non-hydrogen) atoms. The quantitative estimate of drug-likeness (QED) is 0.865. The van der Waals surface area contributed by atoms with Gasteiger partial charge in [0.25, 0.3) is 0 Å². The summed E-state index contributed by atoms with van der Waals surface area (Å²) in [5, 5.41) is 11.1. The zero-order valence-corrected chi connectivity index (χ0v) is 9.63. The van der Waals surface area contributed by atoms with Gasteiger partial charge in [-0.1, -0.05) is 36.9 Å². The summed E-state index contributed by atoms with van der Waals surface area (Å²) in [5.74, 6) is 0. The molecule has 0 radical (unpaired) electrons. The molecule has 2 rings (SSSR count). The second kappa shape index (κ2) is 5.14. The summed E-state index contributed by atoms with van der Waals surface area (Å²) in [6.45, 7) is 4.00. The minimum Gasteiger partial charge on any atom is -0.465 e. The van der Waals surface area contributed by atoms with Gasteiger partial charge in [0.1, 0.15) is 0 Å². The molecule has 4 nitrogen and oxygen atoms in total. The summed E-state index contributed by atoms with van der Waals surface area (Å²) in [6.07, 6.45) is 1.96. The molecular formula is C14H12N2O2. The van der Waals surface area contributed by atoms with Gasteiger partial charge in [-0.05, 0) is 17.2 Å². The van der Waals surface area contributed by atoms with Gasteiger partial charge >= 0.3 is 6.09 Å². The molecule has 0 saturated carbocycles. The van der Waals surface area contributed by atoms with E-state index in [2.05, 4.69) is 16.9 Å². The van der Waals surface area contributed by atoms with Crippen LogP contribution in [-0.4, -0.2) is 16.2 Å². The average Bonchev–Trinajstić information content (AvgIpc) is 2.39. The number of anilines is 1. The third kappa shape index (κ3) is 2.55. The van der Waals surface area contributed by atoms with Crippen molar-refractivity contribution in [3.8, 4) is 0 Å². The third-order valence-corrected chi connectivity index (χ3v) is 2.51. The van der Waals surface area contributed by atoms with Crippen LogP contribution in [0.25, 0.3) is 5.57 Å². The molecule has 4 heteroatoms. The first-order valence-electron chi connectivity index (χ1n) is 5.37. The van der Waals surface area contributed by atoms with Crippen LogP contribution < -0.4 is 5.32 Å². The highest BCUT2D eigenvalue weighted by molar-refractivity contribution is 5.91. The molecule has 0 aliphatic carbocycles. The van der Waals surface area contributed by atoms with Crippen LogP contribution in [0, 0.1) is 0 Å². The SMILES string of the molecule is C=C(c1ccccc1)c1ccncc1NC(=O)O. The molecule has 0 fully saturated rings. The molecule has 0 aliphatic heterocycles.